The number of aromatic nitrogens is 2. The van der Waals surface area contributed by atoms with Gasteiger partial charge < -0.3 is 19.5 Å². The van der Waals surface area contributed by atoms with Gasteiger partial charge >= 0.3 is 12.3 Å². The predicted molar refractivity (Wildman–Crippen MR) is 146 cm³/mol. The van der Waals surface area contributed by atoms with Gasteiger partial charge in [0.2, 0.25) is 0 Å². The molecule has 3 aromatic carbocycles. The molecule has 0 aliphatic carbocycles. The Morgan fingerprint density at radius 2 is 1.55 bits per heavy atom. The lowest BCUT2D eigenvalue weighted by atomic mass is 10.1. The number of rotatable bonds is 12. The number of carbonyl (C=O) groups excluding carboxylic acids is 2. The van der Waals surface area contributed by atoms with Crippen molar-refractivity contribution in [2.45, 2.75) is 32.7 Å². The minimum absolute atomic E-state index is 0.0103. The van der Waals surface area contributed by atoms with Crippen molar-refractivity contribution in [3.8, 4) is 22.8 Å². The molecule has 1 amide bonds. The van der Waals surface area contributed by atoms with Gasteiger partial charge in [-0.1, -0.05) is 12.1 Å². The van der Waals surface area contributed by atoms with Crippen LogP contribution in [0, 0.1) is 17.5 Å². The molecular formula is C30H25F6N3O5. The zero-order chi connectivity index (χ0) is 31.9. The monoisotopic (exact) mass is 621 g/mol. The first kappa shape index (κ1) is 31.9. The molecule has 8 nitrogen and oxygen atoms in total. The summed E-state index contributed by atoms with van der Waals surface area (Å²) in [6.07, 6.45) is -4.22. The van der Waals surface area contributed by atoms with Gasteiger partial charge in [-0.25, -0.2) is 13.2 Å². The Kier molecular flexibility index (Phi) is 10.1. The average Bonchev–Trinajstić information content (AvgIpc) is 3.39. The van der Waals surface area contributed by atoms with Crippen molar-refractivity contribution in [2.75, 3.05) is 18.5 Å². The lowest BCUT2D eigenvalue weighted by molar-refractivity contribution is -0.274. The molecule has 0 spiro atoms. The second-order valence-electron chi connectivity index (χ2n) is 9.25. The highest BCUT2D eigenvalue weighted by atomic mass is 19.4. The molecule has 0 fully saturated rings. The summed E-state index contributed by atoms with van der Waals surface area (Å²) < 4.78 is 94.4. The topological polar surface area (TPSA) is 91.7 Å². The average molecular weight is 622 g/mol. The van der Waals surface area contributed by atoms with E-state index in [0.29, 0.717) is 24.3 Å². The van der Waals surface area contributed by atoms with E-state index in [9.17, 15) is 35.9 Å². The Hall–Kier alpha value is -5.01. The molecule has 0 unspecified atom stereocenters. The number of anilines is 1. The minimum Gasteiger partial charge on any atom is -0.494 e. The molecule has 0 saturated heterocycles. The smallest absolute Gasteiger partial charge is 0.494 e. The van der Waals surface area contributed by atoms with E-state index in [1.54, 1.807) is 31.2 Å². The summed E-state index contributed by atoms with van der Waals surface area (Å²) in [5.74, 6) is -5.57. The molecule has 1 N–H and O–H groups in total. The van der Waals surface area contributed by atoms with E-state index < -0.39 is 35.5 Å². The van der Waals surface area contributed by atoms with Crippen LogP contribution in [0.4, 0.5) is 32.0 Å². The normalized spacial score (nSPS) is 11.2. The number of halogens is 6. The number of amides is 1. The maximum atomic E-state index is 13.9. The molecule has 1 aromatic heterocycles. The standard InChI is InChI=1S/C30H25F6N3O5/c1-2-42-27(40)4-3-13-43-21-9-5-18(6-10-21)17-39-26(16-25(38-39)19-14-23(31)28(33)24(32)15-19)29(41)37-20-7-11-22(12-8-20)44-30(34,35)36/h5-12,14-16H,2-4,13,17H2,1H3,(H,37,41). The van der Waals surface area contributed by atoms with Crippen molar-refractivity contribution in [3.63, 3.8) is 0 Å². The van der Waals surface area contributed by atoms with E-state index >= 15 is 0 Å². The molecule has 0 radical (unpaired) electrons. The van der Waals surface area contributed by atoms with Crippen molar-refractivity contribution in [1.82, 2.24) is 9.78 Å². The molecule has 1 heterocycles. The Morgan fingerprint density at radius 3 is 2.16 bits per heavy atom. The predicted octanol–water partition coefficient (Wildman–Crippen LogP) is 6.89. The Bertz CT molecular complexity index is 1580. The molecule has 0 bridgehead atoms. The highest BCUT2D eigenvalue weighted by molar-refractivity contribution is 6.03. The van der Waals surface area contributed by atoms with E-state index in [0.717, 1.165) is 24.3 Å². The summed E-state index contributed by atoms with van der Waals surface area (Å²) >= 11 is 0. The minimum atomic E-state index is -4.89. The van der Waals surface area contributed by atoms with E-state index in [-0.39, 0.29) is 48.2 Å². The molecule has 4 aromatic rings. The Labute approximate surface area is 247 Å². The summed E-state index contributed by atoms with van der Waals surface area (Å²) in [5, 5.41) is 6.83. The number of esters is 1. The van der Waals surface area contributed by atoms with Gasteiger partial charge in [-0.05, 0) is 73.5 Å². The van der Waals surface area contributed by atoms with Gasteiger partial charge in [0.05, 0.1) is 25.5 Å². The third kappa shape index (κ3) is 8.75. The molecule has 4 rings (SSSR count). The molecular weight excluding hydrogens is 596 g/mol. The third-order valence-electron chi connectivity index (χ3n) is 5.99. The largest absolute Gasteiger partial charge is 0.573 e. The SMILES string of the molecule is CCOC(=O)CCCOc1ccc(Cn2nc(-c3cc(F)c(F)c(F)c3)cc2C(=O)Nc2ccc(OC(F)(F)F)cc2)cc1. The van der Waals surface area contributed by atoms with Crippen LogP contribution in [0.1, 0.15) is 35.8 Å². The van der Waals surface area contributed by atoms with E-state index in [1.807, 2.05) is 0 Å². The molecule has 0 aliphatic rings. The second kappa shape index (κ2) is 14.0. The molecule has 0 atom stereocenters. The second-order valence-corrected chi connectivity index (χ2v) is 9.25. The molecule has 44 heavy (non-hydrogen) atoms. The van der Waals surface area contributed by atoms with Crippen molar-refractivity contribution in [2.24, 2.45) is 0 Å². The van der Waals surface area contributed by atoms with Gasteiger partial charge in [0.25, 0.3) is 5.91 Å². The van der Waals surface area contributed by atoms with Gasteiger partial charge in [0.1, 0.15) is 17.2 Å². The van der Waals surface area contributed by atoms with Crippen LogP contribution in [0.3, 0.4) is 0 Å². The summed E-state index contributed by atoms with van der Waals surface area (Å²) in [7, 11) is 0. The number of ether oxygens (including phenoxy) is 3. The first-order chi connectivity index (χ1) is 20.9. The zero-order valence-electron chi connectivity index (χ0n) is 23.1. The van der Waals surface area contributed by atoms with Crippen molar-refractivity contribution in [3.05, 3.63) is 95.4 Å². The number of nitrogens with one attached hydrogen (secondary N) is 1. The summed E-state index contributed by atoms with van der Waals surface area (Å²) in [6, 6.07) is 13.8. The van der Waals surface area contributed by atoms with Crippen LogP contribution in [0.5, 0.6) is 11.5 Å². The maximum absolute atomic E-state index is 13.9. The fourth-order valence-corrected chi connectivity index (χ4v) is 4.00. The molecule has 14 heteroatoms. The van der Waals surface area contributed by atoms with Crippen LogP contribution in [0.2, 0.25) is 0 Å². The Balaban J connectivity index is 1.53. The van der Waals surface area contributed by atoms with Crippen molar-refractivity contribution in [1.29, 1.82) is 0 Å². The van der Waals surface area contributed by atoms with Crippen LogP contribution in [0.15, 0.2) is 66.7 Å². The fraction of sp³-hybridized carbons (Fsp3) is 0.233. The van der Waals surface area contributed by atoms with Crippen molar-refractivity contribution < 1.29 is 50.1 Å². The summed E-state index contributed by atoms with van der Waals surface area (Å²) in [4.78, 5) is 24.7. The Morgan fingerprint density at radius 1 is 0.909 bits per heavy atom. The maximum Gasteiger partial charge on any atom is 0.573 e. The van der Waals surface area contributed by atoms with Crippen molar-refractivity contribution >= 4 is 17.6 Å². The lowest BCUT2D eigenvalue weighted by Gasteiger charge is -2.11. The van der Waals surface area contributed by atoms with Gasteiger partial charge in [0.15, 0.2) is 17.5 Å². The highest BCUT2D eigenvalue weighted by Crippen LogP contribution is 2.27. The van der Waals surface area contributed by atoms with Crippen LogP contribution in [-0.2, 0) is 16.1 Å². The number of benzene rings is 3. The van der Waals surface area contributed by atoms with E-state index in [1.165, 1.54) is 22.9 Å². The first-order valence-electron chi connectivity index (χ1n) is 13.2. The van der Waals surface area contributed by atoms with Gasteiger partial charge in [-0.2, -0.15) is 5.10 Å². The first-order valence-corrected chi connectivity index (χ1v) is 13.2. The van der Waals surface area contributed by atoms with Crippen LogP contribution < -0.4 is 14.8 Å². The molecule has 232 valence electrons. The van der Waals surface area contributed by atoms with Crippen LogP contribution >= 0.6 is 0 Å². The van der Waals surface area contributed by atoms with Gasteiger partial charge in [-0.3, -0.25) is 14.3 Å². The quantitative estimate of drug-likeness (QED) is 0.0802. The number of alkyl halides is 3. The number of nitrogens with zero attached hydrogens (tertiary/aromatic N) is 2. The summed E-state index contributed by atoms with van der Waals surface area (Å²) in [6.45, 7) is 2.31. The third-order valence-corrected chi connectivity index (χ3v) is 5.99. The zero-order valence-corrected chi connectivity index (χ0v) is 23.1. The lowest BCUT2D eigenvalue weighted by Crippen LogP contribution is -2.19. The van der Waals surface area contributed by atoms with Gasteiger partial charge in [-0.15, -0.1) is 13.2 Å². The van der Waals surface area contributed by atoms with Crippen LogP contribution in [0.25, 0.3) is 11.3 Å². The fourth-order valence-electron chi connectivity index (χ4n) is 4.00. The molecule has 0 saturated carbocycles. The number of carbonyl (C=O) groups is 2. The number of hydrogen-bond acceptors (Lipinski definition) is 6. The number of hydrogen-bond donors (Lipinski definition) is 1. The van der Waals surface area contributed by atoms with E-state index in [2.05, 4.69) is 15.2 Å². The van der Waals surface area contributed by atoms with Gasteiger partial charge in [0, 0.05) is 17.7 Å². The molecule has 0 aliphatic heterocycles. The summed E-state index contributed by atoms with van der Waals surface area (Å²) in [5.41, 5.74) is 0.540. The van der Waals surface area contributed by atoms with E-state index in [4.69, 9.17) is 9.47 Å². The highest BCUT2D eigenvalue weighted by Gasteiger charge is 2.31. The van der Waals surface area contributed by atoms with Crippen LogP contribution in [-0.4, -0.2) is 41.2 Å².